The van der Waals surface area contributed by atoms with Crippen molar-refractivity contribution < 1.29 is 14.3 Å². The number of carbonyl (C=O) groups excluding carboxylic acids is 1. The zero-order valence-corrected chi connectivity index (χ0v) is 10.8. The van der Waals surface area contributed by atoms with Crippen LogP contribution in [0.2, 0.25) is 0 Å². The third-order valence-corrected chi connectivity index (χ3v) is 2.65. The fraction of sp³-hybridized carbons (Fsp3) is 0.462. The summed E-state index contributed by atoms with van der Waals surface area (Å²) in [6, 6.07) is 5.60. The van der Waals surface area contributed by atoms with Gasteiger partial charge in [-0.15, -0.1) is 0 Å². The molecule has 1 aromatic rings. The summed E-state index contributed by atoms with van der Waals surface area (Å²) in [4.78, 5) is 10.8. The van der Waals surface area contributed by atoms with Crippen LogP contribution in [-0.2, 0) is 11.2 Å². The standard InChI is InChI=1S/C13H20N2O3/c1-3-10(14)7-9-5-4-6-11(17-2)13(9)18-8-12(15)16/h4-6,10H,3,7-8,14H2,1-2H3,(H2,15,16). The molecule has 0 saturated heterocycles. The molecule has 0 bridgehead atoms. The van der Waals surface area contributed by atoms with Crippen LogP contribution in [-0.4, -0.2) is 25.7 Å². The van der Waals surface area contributed by atoms with Gasteiger partial charge in [-0.05, 0) is 24.5 Å². The van der Waals surface area contributed by atoms with Crippen molar-refractivity contribution in [3.05, 3.63) is 23.8 Å². The SMILES string of the molecule is CCC(N)Cc1cccc(OC)c1OCC(N)=O. The first-order valence-corrected chi connectivity index (χ1v) is 5.91. The highest BCUT2D eigenvalue weighted by molar-refractivity contribution is 5.75. The Morgan fingerprint density at radius 2 is 2.17 bits per heavy atom. The van der Waals surface area contributed by atoms with Crippen LogP contribution >= 0.6 is 0 Å². The molecule has 1 unspecified atom stereocenters. The van der Waals surface area contributed by atoms with Gasteiger partial charge in [-0.1, -0.05) is 19.1 Å². The third-order valence-electron chi connectivity index (χ3n) is 2.65. The van der Waals surface area contributed by atoms with Crippen LogP contribution in [0.3, 0.4) is 0 Å². The van der Waals surface area contributed by atoms with E-state index in [1.165, 1.54) is 0 Å². The first-order valence-electron chi connectivity index (χ1n) is 5.91. The molecule has 18 heavy (non-hydrogen) atoms. The van der Waals surface area contributed by atoms with Crippen LogP contribution in [0.4, 0.5) is 0 Å². The smallest absolute Gasteiger partial charge is 0.255 e. The van der Waals surface area contributed by atoms with Gasteiger partial charge >= 0.3 is 0 Å². The molecule has 1 amide bonds. The van der Waals surface area contributed by atoms with Gasteiger partial charge in [-0.2, -0.15) is 0 Å². The zero-order valence-electron chi connectivity index (χ0n) is 10.8. The van der Waals surface area contributed by atoms with Gasteiger partial charge in [0.05, 0.1) is 7.11 Å². The van der Waals surface area contributed by atoms with Gasteiger partial charge in [-0.3, -0.25) is 4.79 Å². The molecule has 5 heteroatoms. The van der Waals surface area contributed by atoms with Gasteiger partial charge in [0.25, 0.3) is 5.91 Å². The molecule has 1 rings (SSSR count). The molecule has 5 nitrogen and oxygen atoms in total. The lowest BCUT2D eigenvalue weighted by Gasteiger charge is -2.16. The summed E-state index contributed by atoms with van der Waals surface area (Å²) in [5.74, 6) is 0.603. The van der Waals surface area contributed by atoms with E-state index >= 15 is 0 Å². The molecular formula is C13H20N2O3. The molecule has 0 spiro atoms. The van der Waals surface area contributed by atoms with E-state index in [-0.39, 0.29) is 12.6 Å². The van der Waals surface area contributed by atoms with Gasteiger partial charge in [0.15, 0.2) is 18.1 Å². The molecule has 1 atom stereocenters. The normalized spacial score (nSPS) is 11.9. The second-order valence-electron chi connectivity index (χ2n) is 4.08. The lowest BCUT2D eigenvalue weighted by molar-refractivity contribution is -0.119. The Balaban J connectivity index is 2.96. The Hall–Kier alpha value is -1.75. The number of methoxy groups -OCH3 is 1. The number of hydrogen-bond donors (Lipinski definition) is 2. The molecular weight excluding hydrogens is 232 g/mol. The van der Waals surface area contributed by atoms with E-state index in [0.717, 1.165) is 12.0 Å². The summed E-state index contributed by atoms with van der Waals surface area (Å²) in [7, 11) is 1.55. The van der Waals surface area contributed by atoms with Crippen LogP contribution < -0.4 is 20.9 Å². The predicted octanol–water partition coefficient (Wildman–Crippen LogP) is 0.839. The summed E-state index contributed by atoms with van der Waals surface area (Å²) in [6.45, 7) is 1.85. The van der Waals surface area contributed by atoms with E-state index in [9.17, 15) is 4.79 Å². The molecule has 0 saturated carbocycles. The van der Waals surface area contributed by atoms with Crippen LogP contribution in [0, 0.1) is 0 Å². The van der Waals surface area contributed by atoms with Gasteiger partial charge in [0, 0.05) is 6.04 Å². The Bertz CT molecular complexity index is 407. The Kier molecular flexibility index (Phi) is 5.45. The predicted molar refractivity (Wildman–Crippen MR) is 69.7 cm³/mol. The summed E-state index contributed by atoms with van der Waals surface area (Å²) in [5, 5.41) is 0. The lowest BCUT2D eigenvalue weighted by Crippen LogP contribution is -2.23. The first kappa shape index (κ1) is 14.3. The highest BCUT2D eigenvalue weighted by Crippen LogP contribution is 2.31. The number of para-hydroxylation sites is 1. The van der Waals surface area contributed by atoms with Crippen LogP contribution in [0.15, 0.2) is 18.2 Å². The number of amides is 1. The zero-order chi connectivity index (χ0) is 13.5. The van der Waals surface area contributed by atoms with E-state index < -0.39 is 5.91 Å². The van der Waals surface area contributed by atoms with Crippen molar-refractivity contribution in [2.75, 3.05) is 13.7 Å². The molecule has 0 aliphatic carbocycles. The fourth-order valence-electron chi connectivity index (χ4n) is 1.62. The highest BCUT2D eigenvalue weighted by Gasteiger charge is 2.13. The number of nitrogens with two attached hydrogens (primary N) is 2. The molecule has 0 heterocycles. The second-order valence-corrected chi connectivity index (χ2v) is 4.08. The molecule has 0 aromatic heterocycles. The fourth-order valence-corrected chi connectivity index (χ4v) is 1.62. The number of hydrogen-bond acceptors (Lipinski definition) is 4. The minimum absolute atomic E-state index is 0.0491. The minimum Gasteiger partial charge on any atom is -0.493 e. The Morgan fingerprint density at radius 1 is 1.44 bits per heavy atom. The van der Waals surface area contributed by atoms with Crippen molar-refractivity contribution in [3.63, 3.8) is 0 Å². The summed E-state index contributed by atoms with van der Waals surface area (Å²) >= 11 is 0. The van der Waals surface area contributed by atoms with Crippen molar-refractivity contribution >= 4 is 5.91 Å². The molecule has 1 aromatic carbocycles. The van der Waals surface area contributed by atoms with Crippen LogP contribution in [0.25, 0.3) is 0 Å². The first-order chi connectivity index (χ1) is 8.58. The summed E-state index contributed by atoms with van der Waals surface area (Å²) in [5.41, 5.74) is 11.9. The maximum Gasteiger partial charge on any atom is 0.255 e. The molecule has 0 aliphatic rings. The molecule has 0 aliphatic heterocycles. The maximum absolute atomic E-state index is 10.8. The van der Waals surface area contributed by atoms with E-state index in [4.69, 9.17) is 20.9 Å². The molecule has 4 N–H and O–H groups in total. The van der Waals surface area contributed by atoms with Gasteiger partial charge < -0.3 is 20.9 Å². The lowest BCUT2D eigenvalue weighted by atomic mass is 10.0. The highest BCUT2D eigenvalue weighted by atomic mass is 16.5. The van der Waals surface area contributed by atoms with E-state index in [1.807, 2.05) is 19.1 Å². The van der Waals surface area contributed by atoms with Crippen molar-refractivity contribution in [1.82, 2.24) is 0 Å². The minimum atomic E-state index is -0.522. The largest absolute Gasteiger partial charge is 0.493 e. The molecule has 0 fully saturated rings. The Morgan fingerprint density at radius 3 is 2.72 bits per heavy atom. The number of ether oxygens (including phenoxy) is 2. The van der Waals surface area contributed by atoms with E-state index in [1.54, 1.807) is 13.2 Å². The van der Waals surface area contributed by atoms with Crippen molar-refractivity contribution in [2.45, 2.75) is 25.8 Å². The van der Waals surface area contributed by atoms with Crippen molar-refractivity contribution in [3.8, 4) is 11.5 Å². The quantitative estimate of drug-likeness (QED) is 0.752. The summed E-state index contributed by atoms with van der Waals surface area (Å²) in [6.07, 6.45) is 1.54. The second kappa shape index (κ2) is 6.86. The maximum atomic E-state index is 10.8. The van der Waals surface area contributed by atoms with E-state index in [2.05, 4.69) is 0 Å². The van der Waals surface area contributed by atoms with Gasteiger partial charge in [-0.25, -0.2) is 0 Å². The average molecular weight is 252 g/mol. The topological polar surface area (TPSA) is 87.6 Å². The average Bonchev–Trinajstić information content (AvgIpc) is 2.36. The van der Waals surface area contributed by atoms with Gasteiger partial charge in [0.2, 0.25) is 0 Å². The molecule has 0 radical (unpaired) electrons. The van der Waals surface area contributed by atoms with E-state index in [0.29, 0.717) is 17.9 Å². The summed E-state index contributed by atoms with van der Waals surface area (Å²) < 4.78 is 10.6. The number of primary amides is 1. The monoisotopic (exact) mass is 252 g/mol. The number of benzene rings is 1. The number of rotatable bonds is 7. The van der Waals surface area contributed by atoms with Crippen molar-refractivity contribution in [1.29, 1.82) is 0 Å². The Labute approximate surface area is 107 Å². The molecule has 100 valence electrons. The van der Waals surface area contributed by atoms with Crippen molar-refractivity contribution in [2.24, 2.45) is 11.5 Å². The van der Waals surface area contributed by atoms with Crippen LogP contribution in [0.1, 0.15) is 18.9 Å². The van der Waals surface area contributed by atoms with Crippen LogP contribution in [0.5, 0.6) is 11.5 Å². The third kappa shape index (κ3) is 3.92. The van der Waals surface area contributed by atoms with Gasteiger partial charge in [0.1, 0.15) is 0 Å². The number of carbonyl (C=O) groups is 1.